The van der Waals surface area contributed by atoms with Gasteiger partial charge in [0.2, 0.25) is 0 Å². The lowest BCUT2D eigenvalue weighted by atomic mass is 9.69. The Bertz CT molecular complexity index is 477. The van der Waals surface area contributed by atoms with E-state index in [-0.39, 0.29) is 5.56 Å². The summed E-state index contributed by atoms with van der Waals surface area (Å²) >= 11 is 0. The Hall–Kier alpha value is -0.920. The monoisotopic (exact) mass is 334 g/mol. The maximum absolute atomic E-state index is 12.6. The highest BCUT2D eigenvalue weighted by Gasteiger charge is 2.29. The second-order valence-electron chi connectivity index (χ2n) is 8.38. The van der Waals surface area contributed by atoms with Crippen LogP contribution in [0, 0.1) is 23.7 Å². The standard InChI is InChI=1S/C22H32F2/c1-16-2-10-19(11-3-16)20-12-6-17(7-13-20)4-5-18-8-14-21(15-9-18)22(23)24/h8-9,14-17,19-20,22H,2-7,10-13H2,1H3. The van der Waals surface area contributed by atoms with Crippen LogP contribution in [0.2, 0.25) is 0 Å². The lowest BCUT2D eigenvalue weighted by molar-refractivity contribution is 0.147. The zero-order valence-electron chi connectivity index (χ0n) is 15.0. The van der Waals surface area contributed by atoms with Crippen molar-refractivity contribution in [2.24, 2.45) is 23.7 Å². The molecule has 2 aliphatic rings. The van der Waals surface area contributed by atoms with Gasteiger partial charge < -0.3 is 0 Å². The number of benzene rings is 1. The van der Waals surface area contributed by atoms with Crippen LogP contribution in [-0.4, -0.2) is 0 Å². The van der Waals surface area contributed by atoms with Crippen molar-refractivity contribution in [3.8, 4) is 0 Å². The first-order chi connectivity index (χ1) is 11.6. The molecule has 0 bridgehead atoms. The molecule has 0 atom stereocenters. The quantitative estimate of drug-likeness (QED) is 0.534. The molecule has 2 heteroatoms. The molecule has 0 unspecified atom stereocenters. The maximum Gasteiger partial charge on any atom is 0.263 e. The van der Waals surface area contributed by atoms with Crippen molar-refractivity contribution in [1.29, 1.82) is 0 Å². The van der Waals surface area contributed by atoms with Gasteiger partial charge in [0, 0.05) is 5.56 Å². The van der Waals surface area contributed by atoms with Crippen LogP contribution in [0.1, 0.15) is 82.3 Å². The van der Waals surface area contributed by atoms with Crippen LogP contribution in [0.15, 0.2) is 24.3 Å². The van der Waals surface area contributed by atoms with Crippen molar-refractivity contribution >= 4 is 0 Å². The normalized spacial score (nSPS) is 31.3. The third kappa shape index (κ3) is 4.80. The number of hydrogen-bond donors (Lipinski definition) is 0. The van der Waals surface area contributed by atoms with E-state index in [1.54, 1.807) is 12.1 Å². The van der Waals surface area contributed by atoms with E-state index in [0.29, 0.717) is 0 Å². The highest BCUT2D eigenvalue weighted by molar-refractivity contribution is 5.23. The number of rotatable bonds is 5. The van der Waals surface area contributed by atoms with Gasteiger partial charge in [-0.15, -0.1) is 0 Å². The van der Waals surface area contributed by atoms with Gasteiger partial charge in [-0.1, -0.05) is 56.9 Å². The lowest BCUT2D eigenvalue weighted by Crippen LogP contribution is -2.25. The van der Waals surface area contributed by atoms with Gasteiger partial charge in [-0.05, 0) is 67.8 Å². The van der Waals surface area contributed by atoms with Crippen LogP contribution in [0.5, 0.6) is 0 Å². The highest BCUT2D eigenvalue weighted by atomic mass is 19.3. The summed E-state index contributed by atoms with van der Waals surface area (Å²) in [5, 5.41) is 0. The predicted molar refractivity (Wildman–Crippen MR) is 96.3 cm³/mol. The van der Waals surface area contributed by atoms with Crippen molar-refractivity contribution in [2.75, 3.05) is 0 Å². The molecule has 0 N–H and O–H groups in total. The van der Waals surface area contributed by atoms with Crippen molar-refractivity contribution < 1.29 is 8.78 Å². The van der Waals surface area contributed by atoms with Crippen LogP contribution in [0.3, 0.4) is 0 Å². The number of alkyl halides is 2. The second-order valence-corrected chi connectivity index (χ2v) is 8.38. The van der Waals surface area contributed by atoms with Gasteiger partial charge in [-0.2, -0.15) is 0 Å². The SMILES string of the molecule is CC1CCC(C2CCC(CCc3ccc(C(F)F)cc3)CC2)CC1. The average molecular weight is 334 g/mol. The largest absolute Gasteiger partial charge is 0.263 e. The van der Waals surface area contributed by atoms with Gasteiger partial charge in [0.25, 0.3) is 6.43 Å². The minimum atomic E-state index is -2.35. The first kappa shape index (κ1) is 17.9. The molecular weight excluding hydrogens is 302 g/mol. The van der Waals surface area contributed by atoms with Crippen molar-refractivity contribution in [2.45, 2.75) is 77.6 Å². The molecule has 134 valence electrons. The number of halogens is 2. The summed E-state index contributed by atoms with van der Waals surface area (Å²) in [7, 11) is 0. The highest BCUT2D eigenvalue weighted by Crippen LogP contribution is 2.42. The minimum Gasteiger partial charge on any atom is -0.205 e. The smallest absolute Gasteiger partial charge is 0.205 e. The zero-order chi connectivity index (χ0) is 16.9. The van der Waals surface area contributed by atoms with Gasteiger partial charge in [-0.25, -0.2) is 8.78 Å². The van der Waals surface area contributed by atoms with Crippen LogP contribution in [0.4, 0.5) is 8.78 Å². The molecule has 2 aliphatic carbocycles. The van der Waals surface area contributed by atoms with Crippen LogP contribution in [-0.2, 0) is 6.42 Å². The van der Waals surface area contributed by atoms with Crippen molar-refractivity contribution in [3.05, 3.63) is 35.4 Å². The molecule has 3 rings (SSSR count). The fourth-order valence-corrected chi connectivity index (χ4v) is 4.91. The maximum atomic E-state index is 12.6. The fraction of sp³-hybridized carbons (Fsp3) is 0.727. The number of aryl methyl sites for hydroxylation is 1. The molecule has 0 aliphatic heterocycles. The first-order valence-corrected chi connectivity index (χ1v) is 9.98. The molecule has 0 heterocycles. The molecule has 1 aromatic rings. The summed E-state index contributed by atoms with van der Waals surface area (Å²) in [6.45, 7) is 2.40. The minimum absolute atomic E-state index is 0.140. The first-order valence-electron chi connectivity index (χ1n) is 9.98. The van der Waals surface area contributed by atoms with Crippen LogP contribution < -0.4 is 0 Å². The van der Waals surface area contributed by atoms with Gasteiger partial charge in [0.05, 0.1) is 0 Å². The molecule has 0 amide bonds. The Labute approximate surface area is 146 Å². The molecule has 0 aromatic heterocycles. The van der Waals surface area contributed by atoms with E-state index in [1.807, 2.05) is 12.1 Å². The van der Waals surface area contributed by atoms with Crippen molar-refractivity contribution in [3.63, 3.8) is 0 Å². The Morgan fingerprint density at radius 1 is 0.833 bits per heavy atom. The van der Waals surface area contributed by atoms with Gasteiger partial charge in [-0.3, -0.25) is 0 Å². The predicted octanol–water partition coefficient (Wildman–Crippen LogP) is 7.19. The summed E-state index contributed by atoms with van der Waals surface area (Å²) in [6, 6.07) is 6.94. The van der Waals surface area contributed by atoms with E-state index in [0.717, 1.165) is 30.1 Å². The molecule has 0 radical (unpaired) electrons. The fourth-order valence-electron chi connectivity index (χ4n) is 4.91. The zero-order valence-corrected chi connectivity index (χ0v) is 15.0. The molecular formula is C22H32F2. The van der Waals surface area contributed by atoms with Crippen molar-refractivity contribution in [1.82, 2.24) is 0 Å². The lowest BCUT2D eigenvalue weighted by Gasteiger charge is -2.37. The molecule has 0 spiro atoms. The molecule has 1 aromatic carbocycles. The molecule has 24 heavy (non-hydrogen) atoms. The Kier molecular flexibility index (Phi) is 6.30. The second kappa shape index (κ2) is 8.45. The average Bonchev–Trinajstić information content (AvgIpc) is 2.61. The van der Waals surface area contributed by atoms with E-state index in [1.165, 1.54) is 63.4 Å². The molecule has 0 nitrogen and oxygen atoms in total. The summed E-state index contributed by atoms with van der Waals surface area (Å²) in [5.41, 5.74) is 1.35. The van der Waals surface area contributed by atoms with E-state index in [9.17, 15) is 8.78 Å². The molecule has 2 fully saturated rings. The Balaban J connectivity index is 1.39. The van der Waals surface area contributed by atoms with E-state index in [2.05, 4.69) is 6.92 Å². The third-order valence-corrected chi connectivity index (χ3v) is 6.69. The summed E-state index contributed by atoms with van der Waals surface area (Å²) in [5.74, 6) is 3.79. The van der Waals surface area contributed by atoms with Gasteiger partial charge in [0.1, 0.15) is 0 Å². The van der Waals surface area contributed by atoms with Gasteiger partial charge in [0.15, 0.2) is 0 Å². The van der Waals surface area contributed by atoms with Crippen LogP contribution >= 0.6 is 0 Å². The van der Waals surface area contributed by atoms with Crippen LogP contribution in [0.25, 0.3) is 0 Å². The van der Waals surface area contributed by atoms with E-state index < -0.39 is 6.43 Å². The Morgan fingerprint density at radius 3 is 1.92 bits per heavy atom. The number of hydrogen-bond acceptors (Lipinski definition) is 0. The Morgan fingerprint density at radius 2 is 1.38 bits per heavy atom. The van der Waals surface area contributed by atoms with E-state index in [4.69, 9.17) is 0 Å². The van der Waals surface area contributed by atoms with Gasteiger partial charge >= 0.3 is 0 Å². The summed E-state index contributed by atoms with van der Waals surface area (Å²) in [4.78, 5) is 0. The summed E-state index contributed by atoms with van der Waals surface area (Å²) < 4.78 is 25.2. The third-order valence-electron chi connectivity index (χ3n) is 6.69. The topological polar surface area (TPSA) is 0 Å². The molecule has 0 saturated heterocycles. The van der Waals surface area contributed by atoms with E-state index >= 15 is 0 Å². The molecule has 2 saturated carbocycles. The summed E-state index contributed by atoms with van der Waals surface area (Å²) in [6.07, 6.45) is 11.3.